The lowest BCUT2D eigenvalue weighted by Gasteiger charge is -2.37. The maximum atomic E-state index is 17.3. The largest absolute Gasteiger partial charge is 0.394 e. The average Bonchev–Trinajstić information content (AvgIpc) is 1.60. The molecule has 6 aromatic heterocycles. The summed E-state index contributed by atoms with van der Waals surface area (Å²) in [7, 11) is -3.92. The van der Waals surface area contributed by atoms with Crippen LogP contribution < -0.4 is 33.1 Å². The molecule has 42 nitrogen and oxygen atoms in total. The Labute approximate surface area is 741 Å². The molecule has 12 rings (SSSR count). The second kappa shape index (κ2) is 46.2. The first-order valence-corrected chi connectivity index (χ1v) is 47.2. The van der Waals surface area contributed by atoms with E-state index in [4.69, 9.17) is 94.4 Å². The Bertz CT molecular complexity index is 5580. The number of aromatic amines is 2. The number of alkyl halides is 4. The van der Waals surface area contributed by atoms with Crippen molar-refractivity contribution in [3.05, 3.63) is 175 Å². The van der Waals surface area contributed by atoms with Gasteiger partial charge >= 0.3 is 24.8 Å². The van der Waals surface area contributed by atoms with Crippen molar-refractivity contribution < 1.29 is 102 Å². The number of ether oxygens (including phenoxy) is 4. The van der Waals surface area contributed by atoms with Crippen LogP contribution in [0.25, 0.3) is 27.2 Å². The van der Waals surface area contributed by atoms with Crippen molar-refractivity contribution in [1.29, 1.82) is 15.8 Å². The number of fused-ring (bicyclic) bond motifs is 2. The number of hydrogen-bond donors (Lipinski definition) is 6. The second-order valence-electron chi connectivity index (χ2n) is 29.5. The first-order chi connectivity index (χ1) is 61.3. The molecule has 8 unspecified atom stereocenters. The van der Waals surface area contributed by atoms with Crippen LogP contribution in [0.3, 0.4) is 0 Å². The van der Waals surface area contributed by atoms with E-state index < -0.39 is 190 Å². The molecule has 52 heteroatoms. The van der Waals surface area contributed by atoms with E-state index in [1.165, 1.54) is 28.1 Å². The molecule has 0 bridgehead atoms. The van der Waals surface area contributed by atoms with Gasteiger partial charge in [0.05, 0.1) is 96.4 Å². The van der Waals surface area contributed by atoms with Crippen molar-refractivity contribution in [1.82, 2.24) is 67.5 Å². The summed E-state index contributed by atoms with van der Waals surface area (Å²) in [6.07, 6.45) is -20.6. The molecular weight excluding hydrogens is 1810 g/mol. The van der Waals surface area contributed by atoms with Gasteiger partial charge in [-0.2, -0.15) is 15.8 Å². The third kappa shape index (κ3) is 24.4. The van der Waals surface area contributed by atoms with E-state index in [9.17, 15) is 54.8 Å². The van der Waals surface area contributed by atoms with Crippen molar-refractivity contribution in [2.75, 3.05) is 70.0 Å². The highest BCUT2D eigenvalue weighted by molar-refractivity contribution is 8.07. The summed E-state index contributed by atoms with van der Waals surface area (Å²) in [6.45, 7) is 10.6. The van der Waals surface area contributed by atoms with Crippen LogP contribution in [-0.2, 0) is 87.8 Å². The first kappa shape index (κ1) is 99.5. The Morgan fingerprint density at radius 2 is 0.953 bits per heavy atom. The zero-order valence-corrected chi connectivity index (χ0v) is 75.0. The lowest BCUT2D eigenvalue weighted by molar-refractivity contribution is -0.0589. The van der Waals surface area contributed by atoms with Crippen LogP contribution in [0.2, 0.25) is 0 Å². The molecule has 4 aliphatic heterocycles. The summed E-state index contributed by atoms with van der Waals surface area (Å²) in [4.78, 5) is 109. The van der Waals surface area contributed by atoms with Crippen LogP contribution in [0, 0.1) is 40.6 Å². The molecule has 4 saturated heterocycles. The molecule has 6 N–H and O–H groups in total. The van der Waals surface area contributed by atoms with Gasteiger partial charge in [-0.3, -0.25) is 56.5 Å². The smallest absolute Gasteiger partial charge is 0.330 e. The fourth-order valence-electron chi connectivity index (χ4n) is 13.7. The van der Waals surface area contributed by atoms with Gasteiger partial charge in [0.15, 0.2) is 83.6 Å². The Hall–Kier alpha value is -9.04. The summed E-state index contributed by atoms with van der Waals surface area (Å²) in [5.41, 5.74) is -2.27. The van der Waals surface area contributed by atoms with E-state index in [0.717, 1.165) is 40.0 Å². The summed E-state index contributed by atoms with van der Waals surface area (Å²) in [6, 6.07) is 24.1. The molecule has 2 aromatic carbocycles. The van der Waals surface area contributed by atoms with Gasteiger partial charge in [-0.25, -0.2) is 73.0 Å². The van der Waals surface area contributed by atoms with Gasteiger partial charge in [0.2, 0.25) is 6.54 Å². The zero-order valence-electron chi connectivity index (χ0n) is 69.8. The number of carbonyl (C=O) groups is 2. The fraction of sp³-hybridized carbons (Fsp3) is 0.526. The minimum absolute atomic E-state index is 0.0197. The standard InChI is InChI=1S/2C38H46F2N10O11P2S/c1-22(2)50(23(3)4)62(55-17-14-42-5)56-18-25-29(40)32(37(60-25)48-15-12-27(51)46-38(48)54)61-63(64,57-16-9-13-41)58-19-26-28(39)31(52)36(59-26)49-21-45-30-33(43-20-44-34(30)49)47-35(53)24-10-7-6-8-11-24;1-22(2)50(23(3)4)62(55-16-8-13-41)60-31-29(40)26(59-36(31)49-21-45-30-33(43-20-44-34(30)49)47-35(53)24-10-6-5-7-11-24)19-57-63(64,56-17-9-14-42)61-32-28(39)25(18-51)58-37(32)48-15-12-27(52)46-38(48)54/h6-8,10-12,15,20-23,25-26,28-29,31-32,36-37,52H,9,14,16-19H2,1-4H3,(H,46,51,54)(H,43,44,47,53);5-7,10-12,15,20-23,25-26,28-29,31-32,36-37,51H,8-9,16-19H2,1-4H3,(H,46,52,54)(H,43,44,47,53)/t2*25-,26-,28+,29+,31?,32?,36-,37-,62?,63?/m11/s1. The molecule has 8 aromatic rings. The number of aliphatic hydroxyl groups is 2. The third-order valence-corrected chi connectivity index (χ3v) is 28.3. The molecule has 4 fully saturated rings. The molecule has 0 saturated carbocycles. The number of rotatable bonds is 42. The van der Waals surface area contributed by atoms with Crippen molar-refractivity contribution >= 4 is 99.9 Å². The van der Waals surface area contributed by atoms with Crippen LogP contribution in [0.4, 0.5) is 29.2 Å². The maximum absolute atomic E-state index is 17.3. The minimum atomic E-state index is -4.24. The fourth-order valence-corrected chi connectivity index (χ4v) is 21.2. The number of carbonyl (C=O) groups excluding carboxylic acids is 2. The number of halogens is 4. The van der Waals surface area contributed by atoms with E-state index in [1.807, 2.05) is 87.9 Å². The van der Waals surface area contributed by atoms with Crippen LogP contribution in [-0.4, -0.2) is 247 Å². The molecule has 688 valence electrons. The number of H-pyrrole nitrogens is 2. The quantitative estimate of drug-likeness (QED) is 0.00901. The maximum Gasteiger partial charge on any atom is 0.330 e. The topological polar surface area (TPSA) is 507 Å². The predicted octanol–water partition coefficient (Wildman–Crippen LogP) is 8.63. The van der Waals surface area contributed by atoms with E-state index in [2.05, 4.69) is 50.4 Å². The van der Waals surface area contributed by atoms with Crippen LogP contribution in [0.15, 0.2) is 130 Å². The molecule has 0 radical (unpaired) electrons. The summed E-state index contributed by atoms with van der Waals surface area (Å²) >= 11 is 11.4. The number of amides is 2. The Morgan fingerprint density at radius 1 is 0.547 bits per heavy atom. The number of nitrogens with zero attached hydrogens (tertiary/aromatic N) is 16. The average molecular weight is 1900 g/mol. The number of anilines is 2. The Kier molecular flexibility index (Phi) is 35.9. The molecule has 10 heterocycles. The molecule has 20 atom stereocenters. The highest BCUT2D eigenvalue weighted by atomic mass is 32.5. The third-order valence-electron chi connectivity index (χ3n) is 19.4. The summed E-state index contributed by atoms with van der Waals surface area (Å²) in [5.74, 6) is -0.844. The van der Waals surface area contributed by atoms with Crippen molar-refractivity contribution in [2.45, 2.75) is 197 Å². The van der Waals surface area contributed by atoms with E-state index >= 15 is 17.6 Å². The number of nitriles is 3. The summed E-state index contributed by atoms with van der Waals surface area (Å²) in [5, 5.41) is 54.2. The van der Waals surface area contributed by atoms with Gasteiger partial charge in [-0.05, 0) is 103 Å². The molecule has 0 spiro atoms. The minimum Gasteiger partial charge on any atom is -0.394 e. The number of imidazole rings is 2. The normalized spacial score (nSPS) is 24.8. The highest BCUT2D eigenvalue weighted by Crippen LogP contribution is 2.59. The van der Waals surface area contributed by atoms with Gasteiger partial charge in [0.1, 0.15) is 68.1 Å². The lowest BCUT2D eigenvalue weighted by Crippen LogP contribution is -2.38. The molecule has 4 aliphatic rings. The SMILES string of the molecule is CC(C)N(C(C)C)P(OCCC#N)OC1[C@@H](F)[C@@H](COP(=S)(OCCC#N)OC2[C@@H](F)[C@@H](CO)O[C@H]2n2ccc(=O)[nH]c2=O)O[C@H]1n1cnc2c(NC(=O)c3ccccc3)ncnc21.[C-]#[N+]CCOP(OC[C@H]1O[C@@H](n2ccc(=O)[nH]c2=O)C(OP(=S)(OCCC#N)OC[C@H]2O[C@@H](n3cnc4c(NC(=O)c5ccccc5)ncnc43)C(O)[C@H]2F)[C@H]1F)N(C(C)C)C(C)C. The van der Waals surface area contributed by atoms with E-state index in [0.29, 0.717) is 11.1 Å². The molecule has 0 aliphatic carbocycles. The van der Waals surface area contributed by atoms with E-state index in [-0.39, 0.29) is 110 Å². The van der Waals surface area contributed by atoms with Crippen molar-refractivity contribution in [3.8, 4) is 18.2 Å². The Balaban J connectivity index is 0.000000248. The van der Waals surface area contributed by atoms with E-state index in [1.54, 1.807) is 60.7 Å². The van der Waals surface area contributed by atoms with Crippen molar-refractivity contribution in [2.24, 2.45) is 0 Å². The highest BCUT2D eigenvalue weighted by Gasteiger charge is 2.55. The van der Waals surface area contributed by atoms with Gasteiger partial charge in [-0.1, -0.05) is 36.4 Å². The number of benzene rings is 2. The summed E-state index contributed by atoms with van der Waals surface area (Å²) < 4.78 is 158. The van der Waals surface area contributed by atoms with Crippen molar-refractivity contribution in [3.63, 3.8) is 0 Å². The monoisotopic (exact) mass is 1900 g/mol. The van der Waals surface area contributed by atoms with Crippen LogP contribution >= 0.6 is 30.5 Å². The van der Waals surface area contributed by atoms with Gasteiger partial charge in [0.25, 0.3) is 40.0 Å². The number of aliphatic hydroxyl groups excluding tert-OH is 2. The molecule has 128 heavy (non-hydrogen) atoms. The first-order valence-electron chi connectivity index (χ1n) is 39.8. The van der Waals surface area contributed by atoms with Gasteiger partial charge in [0, 0.05) is 59.8 Å². The van der Waals surface area contributed by atoms with Gasteiger partial charge < -0.3 is 80.8 Å². The predicted molar refractivity (Wildman–Crippen MR) is 455 cm³/mol. The second-order valence-corrected chi connectivity index (χ2v) is 38.3. The lowest BCUT2D eigenvalue weighted by atomic mass is 10.1. The zero-order chi connectivity index (χ0) is 92.3. The number of aromatic nitrogens is 12. The Morgan fingerprint density at radius 3 is 1.41 bits per heavy atom. The molecular formula is C76H92F4N20O22P4S2. The molecule has 2 amide bonds. The van der Waals surface area contributed by atoms with Crippen LogP contribution in [0.1, 0.15) is 120 Å². The van der Waals surface area contributed by atoms with Gasteiger partial charge in [-0.15, -0.1) is 0 Å². The number of hydrogen-bond acceptors (Lipinski definition) is 35. The number of nitrogens with one attached hydrogen (secondary N) is 4. The van der Waals surface area contributed by atoms with Crippen LogP contribution in [0.5, 0.6) is 0 Å².